The number of ether oxygens (including phenoxy) is 1. The van der Waals surface area contributed by atoms with Gasteiger partial charge in [0.2, 0.25) is 5.91 Å². The van der Waals surface area contributed by atoms with Crippen molar-refractivity contribution in [1.29, 1.82) is 0 Å². The number of hydrogen-bond donors (Lipinski definition) is 0. The second-order valence-electron chi connectivity index (χ2n) is 5.21. The van der Waals surface area contributed by atoms with Gasteiger partial charge in [-0.25, -0.2) is 9.78 Å². The third-order valence-electron chi connectivity index (χ3n) is 3.11. The van der Waals surface area contributed by atoms with Crippen LogP contribution in [0, 0.1) is 0 Å². The molecule has 0 saturated carbocycles. The van der Waals surface area contributed by atoms with Crippen molar-refractivity contribution >= 4 is 17.8 Å². The Labute approximate surface area is 129 Å². The first-order chi connectivity index (χ1) is 10.3. The van der Waals surface area contributed by atoms with Crippen molar-refractivity contribution < 1.29 is 19.1 Å². The van der Waals surface area contributed by atoms with Crippen LogP contribution < -0.4 is 0 Å². The van der Waals surface area contributed by atoms with E-state index in [1.165, 1.54) is 29.2 Å². The summed E-state index contributed by atoms with van der Waals surface area (Å²) in [5.41, 5.74) is 0.0626. The molecule has 0 saturated heterocycles. The van der Waals surface area contributed by atoms with E-state index in [1.807, 2.05) is 0 Å². The second-order valence-corrected chi connectivity index (χ2v) is 5.21. The number of carbonyl (C=O) groups is 3. The van der Waals surface area contributed by atoms with Gasteiger partial charge >= 0.3 is 5.97 Å². The summed E-state index contributed by atoms with van der Waals surface area (Å²) in [6, 6.07) is 2.85. The number of rotatable bonds is 5. The molecule has 1 aromatic heterocycles. The van der Waals surface area contributed by atoms with Crippen molar-refractivity contribution in [3.8, 4) is 0 Å². The third-order valence-corrected chi connectivity index (χ3v) is 3.11. The summed E-state index contributed by atoms with van der Waals surface area (Å²) in [6.07, 6.45) is 1.41. The lowest BCUT2D eigenvalue weighted by atomic mass is 10.1. The maximum absolute atomic E-state index is 12.7. The first-order valence-corrected chi connectivity index (χ1v) is 6.84. The summed E-state index contributed by atoms with van der Waals surface area (Å²) in [5, 5.41) is 0. The Hall–Kier alpha value is -2.44. The highest BCUT2D eigenvalue weighted by Crippen LogP contribution is 2.13. The zero-order valence-corrected chi connectivity index (χ0v) is 13.5. The molecule has 1 aromatic rings. The molecule has 22 heavy (non-hydrogen) atoms. The van der Waals surface area contributed by atoms with Gasteiger partial charge in [0.1, 0.15) is 6.54 Å². The molecule has 120 valence electrons. The van der Waals surface area contributed by atoms with Crippen molar-refractivity contribution in [3.63, 3.8) is 0 Å². The molecule has 0 N–H and O–H groups in total. The number of methoxy groups -OCH3 is 1. The number of pyridine rings is 1. The van der Waals surface area contributed by atoms with E-state index in [9.17, 15) is 14.4 Å². The van der Waals surface area contributed by atoms with Crippen molar-refractivity contribution in [2.24, 2.45) is 0 Å². The van der Waals surface area contributed by atoms with Gasteiger partial charge < -0.3 is 14.5 Å². The van der Waals surface area contributed by atoms with E-state index >= 15 is 0 Å². The molecule has 0 radical (unpaired) electrons. The molecule has 1 rings (SSSR count). The molecule has 0 aliphatic carbocycles. The topological polar surface area (TPSA) is 79.8 Å². The van der Waals surface area contributed by atoms with Crippen LogP contribution in [0.3, 0.4) is 0 Å². The number of carbonyl (C=O) groups excluding carboxylic acids is 3. The van der Waals surface area contributed by atoms with Gasteiger partial charge in [0, 0.05) is 26.3 Å². The predicted molar refractivity (Wildman–Crippen MR) is 80.4 cm³/mol. The summed E-state index contributed by atoms with van der Waals surface area (Å²) in [5.74, 6) is -1.32. The number of esters is 1. The standard InChI is InChI=1S/C15H21N3O4/c1-10(2)18(9-12(19)17(3)4)14(20)11-7-6-8-16-13(11)15(21)22-5/h6-8,10H,9H2,1-5H3. The quantitative estimate of drug-likeness (QED) is 0.752. The zero-order valence-electron chi connectivity index (χ0n) is 13.5. The van der Waals surface area contributed by atoms with Crippen LogP contribution in [0.2, 0.25) is 0 Å². The summed E-state index contributed by atoms with van der Waals surface area (Å²) >= 11 is 0. The fraction of sp³-hybridized carbons (Fsp3) is 0.467. The Bertz CT molecular complexity index is 570. The third kappa shape index (κ3) is 4.03. The van der Waals surface area contributed by atoms with E-state index in [-0.39, 0.29) is 29.8 Å². The van der Waals surface area contributed by atoms with E-state index in [0.29, 0.717) is 0 Å². The summed E-state index contributed by atoms with van der Waals surface area (Å²) < 4.78 is 4.64. The average molecular weight is 307 g/mol. The molecule has 0 aliphatic rings. The molecule has 2 amide bonds. The highest BCUT2D eigenvalue weighted by atomic mass is 16.5. The lowest BCUT2D eigenvalue weighted by molar-refractivity contribution is -0.129. The van der Waals surface area contributed by atoms with E-state index in [1.54, 1.807) is 34.0 Å². The monoisotopic (exact) mass is 307 g/mol. The number of nitrogens with zero attached hydrogens (tertiary/aromatic N) is 3. The molecule has 7 nitrogen and oxygen atoms in total. The highest BCUT2D eigenvalue weighted by molar-refractivity contribution is 6.05. The molecule has 0 fully saturated rings. The Balaban J connectivity index is 3.15. The fourth-order valence-corrected chi connectivity index (χ4v) is 1.77. The predicted octanol–water partition coefficient (Wildman–Crippen LogP) is 0.807. The van der Waals surface area contributed by atoms with E-state index in [4.69, 9.17) is 0 Å². The van der Waals surface area contributed by atoms with Crippen molar-refractivity contribution in [3.05, 3.63) is 29.6 Å². The normalized spacial score (nSPS) is 10.3. The van der Waals surface area contributed by atoms with Crippen molar-refractivity contribution in [2.75, 3.05) is 27.7 Å². The fourth-order valence-electron chi connectivity index (χ4n) is 1.77. The lowest BCUT2D eigenvalue weighted by Gasteiger charge is -2.27. The summed E-state index contributed by atoms with van der Waals surface area (Å²) in [7, 11) is 4.46. The van der Waals surface area contributed by atoms with Gasteiger partial charge in [0.15, 0.2) is 5.69 Å². The number of hydrogen-bond acceptors (Lipinski definition) is 5. The van der Waals surface area contributed by atoms with Crippen molar-refractivity contribution in [1.82, 2.24) is 14.8 Å². The van der Waals surface area contributed by atoms with Gasteiger partial charge in [0.05, 0.1) is 12.7 Å². The average Bonchev–Trinajstić information content (AvgIpc) is 2.50. The minimum absolute atomic E-state index is 0.0575. The SMILES string of the molecule is COC(=O)c1ncccc1C(=O)N(CC(=O)N(C)C)C(C)C. The summed E-state index contributed by atoms with van der Waals surface area (Å²) in [4.78, 5) is 43.0. The maximum Gasteiger partial charge on any atom is 0.357 e. The van der Waals surface area contributed by atoms with Crippen LogP contribution in [-0.4, -0.2) is 66.4 Å². The van der Waals surface area contributed by atoms with Crippen LogP contribution >= 0.6 is 0 Å². The lowest BCUT2D eigenvalue weighted by Crippen LogP contribution is -2.44. The van der Waals surface area contributed by atoms with E-state index in [0.717, 1.165) is 0 Å². The van der Waals surface area contributed by atoms with Gasteiger partial charge in [-0.2, -0.15) is 0 Å². The van der Waals surface area contributed by atoms with Crippen LogP contribution in [0.5, 0.6) is 0 Å². The molecule has 0 atom stereocenters. The van der Waals surface area contributed by atoms with E-state index < -0.39 is 11.9 Å². The number of likely N-dealkylation sites (N-methyl/N-ethyl adjacent to an activating group) is 1. The Kier molecular flexibility index (Phi) is 6.03. The van der Waals surface area contributed by atoms with Gasteiger partial charge in [-0.1, -0.05) is 0 Å². The van der Waals surface area contributed by atoms with E-state index in [2.05, 4.69) is 9.72 Å². The first-order valence-electron chi connectivity index (χ1n) is 6.84. The van der Waals surface area contributed by atoms with Crippen LogP contribution in [0.15, 0.2) is 18.3 Å². The second kappa shape index (κ2) is 7.53. The molecule has 7 heteroatoms. The molecule has 0 aliphatic heterocycles. The number of amides is 2. The van der Waals surface area contributed by atoms with Crippen LogP contribution in [-0.2, 0) is 9.53 Å². The largest absolute Gasteiger partial charge is 0.464 e. The zero-order chi connectivity index (χ0) is 16.9. The minimum Gasteiger partial charge on any atom is -0.464 e. The molecular weight excluding hydrogens is 286 g/mol. The summed E-state index contributed by atoms with van der Waals surface area (Å²) in [6.45, 7) is 3.53. The molecule has 0 bridgehead atoms. The molecule has 0 unspecified atom stereocenters. The van der Waals surface area contributed by atoms with Crippen LogP contribution in [0.4, 0.5) is 0 Å². The van der Waals surface area contributed by atoms with Crippen molar-refractivity contribution in [2.45, 2.75) is 19.9 Å². The molecular formula is C15H21N3O4. The van der Waals surface area contributed by atoms with Crippen LogP contribution in [0.25, 0.3) is 0 Å². The van der Waals surface area contributed by atoms with Gasteiger partial charge in [-0.05, 0) is 26.0 Å². The van der Waals surface area contributed by atoms with Gasteiger partial charge in [0.25, 0.3) is 5.91 Å². The van der Waals surface area contributed by atoms with Gasteiger partial charge in [-0.3, -0.25) is 9.59 Å². The van der Waals surface area contributed by atoms with Crippen LogP contribution in [0.1, 0.15) is 34.7 Å². The Morgan fingerprint density at radius 3 is 2.41 bits per heavy atom. The first kappa shape index (κ1) is 17.6. The molecule has 1 heterocycles. The smallest absolute Gasteiger partial charge is 0.357 e. The molecule has 0 aromatic carbocycles. The number of aromatic nitrogens is 1. The Morgan fingerprint density at radius 1 is 1.27 bits per heavy atom. The Morgan fingerprint density at radius 2 is 1.91 bits per heavy atom. The van der Waals surface area contributed by atoms with Gasteiger partial charge in [-0.15, -0.1) is 0 Å². The molecule has 0 spiro atoms. The maximum atomic E-state index is 12.7. The highest BCUT2D eigenvalue weighted by Gasteiger charge is 2.27. The minimum atomic E-state index is -0.688.